The average Bonchev–Trinajstić information content (AvgIpc) is 2.66. The third kappa shape index (κ3) is 1.50. The molecule has 15 heavy (non-hydrogen) atoms. The van der Waals surface area contributed by atoms with Crippen molar-refractivity contribution < 1.29 is 0 Å². The molecule has 0 unspecified atom stereocenters. The molecule has 0 aliphatic heterocycles. The van der Waals surface area contributed by atoms with Crippen LogP contribution < -0.4 is 0 Å². The Hall–Kier alpha value is -1.77. The van der Waals surface area contributed by atoms with Crippen LogP contribution >= 0.6 is 11.6 Å². The lowest BCUT2D eigenvalue weighted by Gasteiger charge is -2.01. The van der Waals surface area contributed by atoms with Gasteiger partial charge in [0.2, 0.25) is 0 Å². The molecule has 1 aromatic carbocycles. The van der Waals surface area contributed by atoms with Gasteiger partial charge in [0.15, 0.2) is 0 Å². The summed E-state index contributed by atoms with van der Waals surface area (Å²) in [5.41, 5.74) is 3.05. The number of nitriles is 2. The van der Waals surface area contributed by atoms with Gasteiger partial charge < -0.3 is 0 Å². The van der Waals surface area contributed by atoms with Crippen molar-refractivity contribution in [2.24, 2.45) is 0 Å². The van der Waals surface area contributed by atoms with Gasteiger partial charge in [-0.2, -0.15) is 10.5 Å². The molecule has 0 spiro atoms. The summed E-state index contributed by atoms with van der Waals surface area (Å²) in [7, 11) is 0. The Kier molecular flexibility index (Phi) is 2.46. The molecular formula is C12H7ClN2. The molecule has 0 N–H and O–H groups in total. The second-order valence-corrected chi connectivity index (χ2v) is 3.75. The topological polar surface area (TPSA) is 47.6 Å². The van der Waals surface area contributed by atoms with E-state index in [9.17, 15) is 0 Å². The number of halogens is 1. The Balaban J connectivity index is 2.66. The lowest BCUT2D eigenvalue weighted by Crippen LogP contribution is -1.84. The maximum absolute atomic E-state index is 8.82. The molecular weight excluding hydrogens is 208 g/mol. The van der Waals surface area contributed by atoms with E-state index in [-0.39, 0.29) is 5.57 Å². The summed E-state index contributed by atoms with van der Waals surface area (Å²) in [6, 6.07) is 9.45. The zero-order valence-electron chi connectivity index (χ0n) is 7.92. The van der Waals surface area contributed by atoms with Crippen molar-refractivity contribution in [3.8, 4) is 12.1 Å². The van der Waals surface area contributed by atoms with E-state index in [1.165, 1.54) is 0 Å². The van der Waals surface area contributed by atoms with E-state index < -0.39 is 0 Å². The van der Waals surface area contributed by atoms with E-state index in [1.807, 2.05) is 30.3 Å². The van der Waals surface area contributed by atoms with Crippen molar-refractivity contribution in [1.29, 1.82) is 10.5 Å². The Bertz CT molecular complexity index is 514. The van der Waals surface area contributed by atoms with Crippen LogP contribution in [0.3, 0.4) is 0 Å². The van der Waals surface area contributed by atoms with Gasteiger partial charge in [-0.05, 0) is 35.6 Å². The lowest BCUT2D eigenvalue weighted by atomic mass is 10.0. The largest absolute Gasteiger partial charge is 0.192 e. The quantitative estimate of drug-likeness (QED) is 0.623. The van der Waals surface area contributed by atoms with Gasteiger partial charge in [-0.15, -0.1) is 0 Å². The summed E-state index contributed by atoms with van der Waals surface area (Å²) in [6.07, 6.45) is 1.55. The number of nitrogens with zero attached hydrogens (tertiary/aromatic N) is 2. The molecule has 0 fully saturated rings. The van der Waals surface area contributed by atoms with Crippen LogP contribution in [0, 0.1) is 22.7 Å². The van der Waals surface area contributed by atoms with E-state index in [4.69, 9.17) is 22.1 Å². The monoisotopic (exact) mass is 214 g/mol. The second kappa shape index (κ2) is 3.77. The van der Waals surface area contributed by atoms with Gasteiger partial charge in [0.1, 0.15) is 17.7 Å². The number of benzene rings is 1. The van der Waals surface area contributed by atoms with E-state index in [0.717, 1.165) is 34.6 Å². The molecule has 0 saturated carbocycles. The predicted molar refractivity (Wildman–Crippen MR) is 57.9 cm³/mol. The molecule has 0 atom stereocenters. The number of hydrogen-bond donors (Lipinski definition) is 0. The number of rotatable bonds is 0. The molecule has 0 amide bonds. The minimum Gasteiger partial charge on any atom is -0.192 e. The zero-order chi connectivity index (χ0) is 10.8. The Morgan fingerprint density at radius 1 is 1.20 bits per heavy atom. The fraction of sp³-hybridized carbons (Fsp3) is 0.167. The molecule has 72 valence electrons. The summed E-state index contributed by atoms with van der Waals surface area (Å²) in [5.74, 6) is 0. The first-order valence-electron chi connectivity index (χ1n) is 4.59. The van der Waals surface area contributed by atoms with E-state index >= 15 is 0 Å². The van der Waals surface area contributed by atoms with Crippen molar-refractivity contribution in [3.05, 3.63) is 39.9 Å². The van der Waals surface area contributed by atoms with E-state index in [1.54, 1.807) is 0 Å². The van der Waals surface area contributed by atoms with Crippen molar-refractivity contribution in [1.82, 2.24) is 0 Å². The van der Waals surface area contributed by atoms with Crippen LogP contribution in [0.1, 0.15) is 17.5 Å². The van der Waals surface area contributed by atoms with E-state index in [0.29, 0.717) is 0 Å². The van der Waals surface area contributed by atoms with Gasteiger partial charge in [-0.1, -0.05) is 23.7 Å². The second-order valence-electron chi connectivity index (χ2n) is 3.34. The first-order chi connectivity index (χ1) is 7.27. The van der Waals surface area contributed by atoms with E-state index in [2.05, 4.69) is 0 Å². The number of fused-ring (bicyclic) bond motifs is 1. The van der Waals surface area contributed by atoms with Crippen LogP contribution in [0.5, 0.6) is 0 Å². The molecule has 0 aromatic heterocycles. The highest BCUT2D eigenvalue weighted by molar-refractivity contribution is 6.31. The van der Waals surface area contributed by atoms with Gasteiger partial charge in [0, 0.05) is 5.02 Å². The van der Waals surface area contributed by atoms with Crippen LogP contribution in [0.15, 0.2) is 23.8 Å². The average molecular weight is 215 g/mol. The summed E-state index contributed by atoms with van der Waals surface area (Å²) >= 11 is 6.04. The Morgan fingerprint density at radius 2 is 1.93 bits per heavy atom. The van der Waals surface area contributed by atoms with Crippen molar-refractivity contribution in [3.63, 3.8) is 0 Å². The minimum absolute atomic E-state index is 0.205. The highest BCUT2D eigenvalue weighted by atomic mass is 35.5. The number of hydrogen-bond acceptors (Lipinski definition) is 2. The fourth-order valence-corrected chi connectivity index (χ4v) is 2.17. The highest BCUT2D eigenvalue weighted by Crippen LogP contribution is 2.37. The minimum atomic E-state index is 0.205. The van der Waals surface area contributed by atoms with Gasteiger partial charge >= 0.3 is 0 Å². The molecule has 3 heteroatoms. The highest BCUT2D eigenvalue weighted by Gasteiger charge is 2.21. The summed E-state index contributed by atoms with van der Waals surface area (Å²) in [4.78, 5) is 0. The number of allylic oxidation sites excluding steroid dienone is 2. The smallest absolute Gasteiger partial charge is 0.133 e. The normalized spacial score (nSPS) is 12.9. The Labute approximate surface area is 93.0 Å². The lowest BCUT2D eigenvalue weighted by molar-refractivity contribution is 1.08. The first-order valence-corrected chi connectivity index (χ1v) is 4.97. The summed E-state index contributed by atoms with van der Waals surface area (Å²) in [6.45, 7) is 0. The molecule has 1 aromatic rings. The van der Waals surface area contributed by atoms with Crippen LogP contribution in [-0.2, 0) is 6.42 Å². The van der Waals surface area contributed by atoms with Crippen LogP contribution in [0.2, 0.25) is 5.02 Å². The van der Waals surface area contributed by atoms with Crippen molar-refractivity contribution >= 4 is 17.2 Å². The fourth-order valence-electron chi connectivity index (χ4n) is 1.90. The van der Waals surface area contributed by atoms with Crippen LogP contribution in [0.4, 0.5) is 0 Å². The van der Waals surface area contributed by atoms with Crippen molar-refractivity contribution in [2.45, 2.75) is 12.8 Å². The van der Waals surface area contributed by atoms with Crippen LogP contribution in [0.25, 0.3) is 5.57 Å². The third-order valence-electron chi connectivity index (χ3n) is 2.59. The summed E-state index contributed by atoms with van der Waals surface area (Å²) < 4.78 is 0. The Morgan fingerprint density at radius 3 is 2.60 bits per heavy atom. The third-order valence-corrected chi connectivity index (χ3v) is 2.95. The standard InChI is InChI=1S/C12H7ClN2/c13-12-3-1-2-10-9(4-5-11(10)12)8(6-14)7-15/h1-3H,4-5H2. The maximum atomic E-state index is 8.82. The van der Waals surface area contributed by atoms with Crippen LogP contribution in [-0.4, -0.2) is 0 Å². The van der Waals surface area contributed by atoms with Gasteiger partial charge in [-0.25, -0.2) is 0 Å². The molecule has 0 saturated heterocycles. The van der Waals surface area contributed by atoms with Gasteiger partial charge in [0.25, 0.3) is 0 Å². The molecule has 2 rings (SSSR count). The molecule has 1 aliphatic carbocycles. The predicted octanol–water partition coefficient (Wildman–Crippen LogP) is 3.09. The zero-order valence-corrected chi connectivity index (χ0v) is 8.67. The molecule has 0 radical (unpaired) electrons. The SMILES string of the molecule is N#CC(C#N)=C1CCc2c(Cl)cccc21. The molecule has 1 aliphatic rings. The first kappa shape index (κ1) is 9.77. The van der Waals surface area contributed by atoms with Gasteiger partial charge in [0.05, 0.1) is 0 Å². The molecule has 0 bridgehead atoms. The van der Waals surface area contributed by atoms with Gasteiger partial charge in [-0.3, -0.25) is 0 Å². The maximum Gasteiger partial charge on any atom is 0.133 e. The molecule has 2 nitrogen and oxygen atoms in total. The summed E-state index contributed by atoms with van der Waals surface area (Å²) in [5, 5.41) is 18.4. The van der Waals surface area contributed by atoms with Crippen molar-refractivity contribution in [2.75, 3.05) is 0 Å². The molecule has 0 heterocycles.